The molecule has 2 aromatic rings. The van der Waals surface area contributed by atoms with Crippen LogP contribution in [-0.2, 0) is 4.79 Å². The third-order valence-corrected chi connectivity index (χ3v) is 3.86. The number of rotatable bonds is 2. The molecule has 0 radical (unpaired) electrons. The molecule has 2 aromatic carbocycles. The number of carbonyl (C=O) groups is 1. The Balaban J connectivity index is 2.22. The lowest BCUT2D eigenvalue weighted by atomic mass is 10.00. The van der Waals surface area contributed by atoms with Gasteiger partial charge in [0.25, 0.3) is 5.91 Å². The van der Waals surface area contributed by atoms with E-state index in [0.717, 1.165) is 0 Å². The van der Waals surface area contributed by atoms with E-state index in [1.54, 1.807) is 30.3 Å². The van der Waals surface area contributed by atoms with Crippen LogP contribution in [0.1, 0.15) is 11.1 Å². The van der Waals surface area contributed by atoms with Gasteiger partial charge in [-0.15, -0.1) is 0 Å². The van der Waals surface area contributed by atoms with Gasteiger partial charge in [0.1, 0.15) is 6.54 Å². The molecule has 1 N–H and O–H groups in total. The molecule has 1 amide bonds. The first-order chi connectivity index (χ1) is 11.8. The molecule has 3 rings (SSSR count). The highest BCUT2D eigenvalue weighted by atomic mass is 35.5. The van der Waals surface area contributed by atoms with E-state index in [1.807, 2.05) is 0 Å². The highest BCUT2D eigenvalue weighted by molar-refractivity contribution is 6.32. The second kappa shape index (κ2) is 6.50. The summed E-state index contributed by atoms with van der Waals surface area (Å²) in [5.41, 5.74) is 0.981. The summed E-state index contributed by atoms with van der Waals surface area (Å²) < 4.78 is 38.8. The van der Waals surface area contributed by atoms with Crippen LogP contribution in [0.5, 0.6) is 0 Å². The predicted octanol–water partition coefficient (Wildman–Crippen LogP) is 3.40. The molecule has 0 unspecified atom stereocenters. The topological polar surface area (TPSA) is 52.9 Å². The molecule has 25 heavy (non-hydrogen) atoms. The predicted molar refractivity (Wildman–Crippen MR) is 87.9 cm³/mol. The van der Waals surface area contributed by atoms with E-state index in [2.05, 4.69) is 4.99 Å². The molecule has 1 atom stereocenters. The van der Waals surface area contributed by atoms with Crippen LogP contribution in [-0.4, -0.2) is 35.7 Å². The minimum absolute atomic E-state index is 0.00845. The number of aliphatic imine (C=N–C) groups is 1. The number of nitrogens with zero attached hydrogens (tertiary/aromatic N) is 2. The lowest BCUT2D eigenvalue weighted by molar-refractivity contribution is -0.137. The number of benzene rings is 2. The number of alkyl halides is 3. The minimum Gasteiger partial charge on any atom is -0.364 e. The second-order valence-electron chi connectivity index (χ2n) is 5.42. The lowest BCUT2D eigenvalue weighted by Crippen LogP contribution is -2.43. The SMILES string of the molecule is O=C1[C@H](O)N=C(c2ccccc2)c2cc(Cl)ccc2N1CC(F)(F)F. The van der Waals surface area contributed by atoms with Crippen LogP contribution in [0.15, 0.2) is 53.5 Å². The number of aliphatic hydroxyl groups excluding tert-OH is 1. The summed E-state index contributed by atoms with van der Waals surface area (Å²) in [6.07, 6.45) is -6.58. The Morgan fingerprint density at radius 1 is 1.16 bits per heavy atom. The lowest BCUT2D eigenvalue weighted by Gasteiger charge is -2.25. The van der Waals surface area contributed by atoms with Crippen molar-refractivity contribution in [3.05, 3.63) is 64.7 Å². The average molecular weight is 369 g/mol. The molecule has 0 saturated heterocycles. The standard InChI is InChI=1S/C17H12ClF3N2O2/c18-11-6-7-13-12(8-11)14(10-4-2-1-3-5-10)22-15(24)16(25)23(13)9-17(19,20)21/h1-8,15,24H,9H2/t15-/m0/s1. The molecule has 130 valence electrons. The number of benzodiazepines with no additional fused rings is 1. The van der Waals surface area contributed by atoms with Gasteiger partial charge in [-0.25, -0.2) is 4.99 Å². The Morgan fingerprint density at radius 2 is 1.84 bits per heavy atom. The summed E-state index contributed by atoms with van der Waals surface area (Å²) in [5, 5.41) is 10.3. The van der Waals surface area contributed by atoms with Gasteiger partial charge in [-0.1, -0.05) is 41.9 Å². The Hall–Kier alpha value is -2.38. The van der Waals surface area contributed by atoms with Crippen molar-refractivity contribution in [3.8, 4) is 0 Å². The van der Waals surface area contributed by atoms with Gasteiger partial charge in [0.2, 0.25) is 6.23 Å². The van der Waals surface area contributed by atoms with Gasteiger partial charge in [0.05, 0.1) is 11.4 Å². The number of hydrogen-bond acceptors (Lipinski definition) is 3. The van der Waals surface area contributed by atoms with E-state index in [4.69, 9.17) is 11.6 Å². The van der Waals surface area contributed by atoms with Crippen molar-refractivity contribution in [1.29, 1.82) is 0 Å². The maximum Gasteiger partial charge on any atom is 0.406 e. The summed E-state index contributed by atoms with van der Waals surface area (Å²) in [4.78, 5) is 16.7. The highest BCUT2D eigenvalue weighted by Crippen LogP contribution is 2.32. The van der Waals surface area contributed by atoms with Crippen molar-refractivity contribution < 1.29 is 23.1 Å². The molecule has 0 saturated carbocycles. The number of carbonyl (C=O) groups excluding carboxylic acids is 1. The third kappa shape index (κ3) is 3.67. The molecule has 0 spiro atoms. The summed E-state index contributed by atoms with van der Waals surface area (Å²) in [7, 11) is 0. The monoisotopic (exact) mass is 368 g/mol. The van der Waals surface area contributed by atoms with Gasteiger partial charge in [-0.2, -0.15) is 13.2 Å². The van der Waals surface area contributed by atoms with Crippen LogP contribution in [0, 0.1) is 0 Å². The largest absolute Gasteiger partial charge is 0.406 e. The quantitative estimate of drug-likeness (QED) is 0.883. The Kier molecular flexibility index (Phi) is 4.53. The van der Waals surface area contributed by atoms with Crippen molar-refractivity contribution in [2.75, 3.05) is 11.4 Å². The molecule has 4 nitrogen and oxygen atoms in total. The molecular formula is C17H12ClF3N2O2. The first-order valence-corrected chi connectivity index (χ1v) is 7.63. The molecule has 0 fully saturated rings. The van der Waals surface area contributed by atoms with E-state index in [9.17, 15) is 23.1 Å². The van der Waals surface area contributed by atoms with Gasteiger partial charge in [0.15, 0.2) is 0 Å². The molecule has 0 bridgehead atoms. The van der Waals surface area contributed by atoms with E-state index in [1.165, 1.54) is 18.2 Å². The zero-order chi connectivity index (χ0) is 18.2. The van der Waals surface area contributed by atoms with Crippen LogP contribution in [0.3, 0.4) is 0 Å². The van der Waals surface area contributed by atoms with Crippen molar-refractivity contribution in [3.63, 3.8) is 0 Å². The first kappa shape index (κ1) is 17.4. The molecular weight excluding hydrogens is 357 g/mol. The van der Waals surface area contributed by atoms with Crippen LogP contribution in [0.2, 0.25) is 5.02 Å². The molecule has 1 aliphatic rings. The zero-order valence-corrected chi connectivity index (χ0v) is 13.4. The van der Waals surface area contributed by atoms with Crippen LogP contribution in [0.25, 0.3) is 0 Å². The Labute approximate surface area is 146 Å². The summed E-state index contributed by atoms with van der Waals surface area (Å²) >= 11 is 5.99. The smallest absolute Gasteiger partial charge is 0.364 e. The zero-order valence-electron chi connectivity index (χ0n) is 12.7. The fourth-order valence-corrected chi connectivity index (χ4v) is 2.78. The average Bonchev–Trinajstić information content (AvgIpc) is 2.65. The molecule has 8 heteroatoms. The normalized spacial score (nSPS) is 17.8. The van der Waals surface area contributed by atoms with Gasteiger partial charge in [-0.05, 0) is 18.2 Å². The molecule has 1 heterocycles. The van der Waals surface area contributed by atoms with Crippen molar-refractivity contribution >= 4 is 28.9 Å². The molecule has 1 aliphatic heterocycles. The third-order valence-electron chi connectivity index (χ3n) is 3.63. The number of hydrogen-bond donors (Lipinski definition) is 1. The Bertz CT molecular complexity index is 838. The minimum atomic E-state index is -4.64. The second-order valence-corrected chi connectivity index (χ2v) is 5.85. The number of fused-ring (bicyclic) bond motifs is 1. The van der Waals surface area contributed by atoms with E-state index >= 15 is 0 Å². The number of aliphatic hydroxyl groups is 1. The number of halogens is 4. The maximum atomic E-state index is 12.9. The maximum absolute atomic E-state index is 12.9. The van der Waals surface area contributed by atoms with E-state index < -0.39 is 24.9 Å². The van der Waals surface area contributed by atoms with Crippen LogP contribution < -0.4 is 4.90 Å². The summed E-state index contributed by atoms with van der Waals surface area (Å²) in [5.74, 6) is -1.15. The highest BCUT2D eigenvalue weighted by Gasteiger charge is 2.39. The van der Waals surface area contributed by atoms with Gasteiger partial charge >= 0.3 is 6.18 Å². The van der Waals surface area contributed by atoms with Crippen molar-refractivity contribution in [2.24, 2.45) is 4.99 Å². The van der Waals surface area contributed by atoms with Crippen molar-refractivity contribution in [2.45, 2.75) is 12.4 Å². The fraction of sp³-hybridized carbons (Fsp3) is 0.176. The number of amides is 1. The Morgan fingerprint density at radius 3 is 2.48 bits per heavy atom. The van der Waals surface area contributed by atoms with Crippen molar-refractivity contribution in [1.82, 2.24) is 0 Å². The van der Waals surface area contributed by atoms with E-state index in [0.29, 0.717) is 10.5 Å². The van der Waals surface area contributed by atoms with Crippen LogP contribution >= 0.6 is 11.6 Å². The molecule has 0 aliphatic carbocycles. The van der Waals surface area contributed by atoms with Crippen LogP contribution in [0.4, 0.5) is 18.9 Å². The molecule has 0 aromatic heterocycles. The summed E-state index contributed by atoms with van der Waals surface area (Å²) in [6.45, 7) is -1.53. The first-order valence-electron chi connectivity index (χ1n) is 7.25. The number of anilines is 1. The van der Waals surface area contributed by atoms with Gasteiger partial charge < -0.3 is 5.11 Å². The summed E-state index contributed by atoms with van der Waals surface area (Å²) in [6, 6.07) is 12.7. The van der Waals surface area contributed by atoms with E-state index in [-0.39, 0.29) is 22.0 Å². The fourth-order valence-electron chi connectivity index (χ4n) is 2.61. The van der Waals surface area contributed by atoms with Gasteiger partial charge in [-0.3, -0.25) is 9.69 Å². The van der Waals surface area contributed by atoms with Gasteiger partial charge in [0, 0.05) is 16.1 Å².